The number of amides is 2. The van der Waals surface area contributed by atoms with Gasteiger partial charge < -0.3 is 25.0 Å². The lowest BCUT2D eigenvalue weighted by molar-refractivity contribution is -0.122. The van der Waals surface area contributed by atoms with Gasteiger partial charge in [0.25, 0.3) is 5.91 Å². The average molecular weight is 564 g/mol. The Balaban J connectivity index is 1.21. The zero-order valence-electron chi connectivity index (χ0n) is 24.6. The van der Waals surface area contributed by atoms with Crippen LogP contribution in [0, 0.1) is 5.41 Å². The molecule has 9 nitrogen and oxygen atoms in total. The van der Waals surface area contributed by atoms with Crippen molar-refractivity contribution < 1.29 is 19.1 Å². The van der Waals surface area contributed by atoms with Crippen molar-refractivity contribution in [2.45, 2.75) is 95.2 Å². The molecule has 0 radical (unpaired) electrons. The van der Waals surface area contributed by atoms with E-state index in [1.54, 1.807) is 14.2 Å². The fourth-order valence-corrected chi connectivity index (χ4v) is 7.16. The van der Waals surface area contributed by atoms with Gasteiger partial charge in [-0.2, -0.15) is 5.10 Å². The molecular weight excluding hydrogens is 518 g/mol. The normalized spacial score (nSPS) is 21.0. The Morgan fingerprint density at radius 2 is 1.73 bits per heavy atom. The van der Waals surface area contributed by atoms with E-state index in [0.29, 0.717) is 22.6 Å². The van der Waals surface area contributed by atoms with Gasteiger partial charge in [0.15, 0.2) is 5.69 Å². The van der Waals surface area contributed by atoms with Crippen molar-refractivity contribution >= 4 is 11.8 Å². The first-order valence-corrected chi connectivity index (χ1v) is 15.6. The zero-order chi connectivity index (χ0) is 28.4. The summed E-state index contributed by atoms with van der Waals surface area (Å²) in [5.41, 5.74) is 2.54. The average Bonchev–Trinajstić information content (AvgIpc) is 3.58. The minimum Gasteiger partial charge on any atom is -0.496 e. The number of nitrogens with zero attached hydrogens (tertiary/aromatic N) is 3. The van der Waals surface area contributed by atoms with Gasteiger partial charge in [-0.3, -0.25) is 14.3 Å². The Hall–Kier alpha value is -3.07. The number of aromatic nitrogens is 2. The van der Waals surface area contributed by atoms with Gasteiger partial charge in [-0.25, -0.2) is 0 Å². The summed E-state index contributed by atoms with van der Waals surface area (Å²) in [5, 5.41) is 11.2. The third kappa shape index (κ3) is 5.96. The number of hydrogen-bond acceptors (Lipinski definition) is 6. The summed E-state index contributed by atoms with van der Waals surface area (Å²) in [6.45, 7) is 3.19. The zero-order valence-corrected chi connectivity index (χ0v) is 24.6. The van der Waals surface area contributed by atoms with Crippen LogP contribution >= 0.6 is 0 Å². The summed E-state index contributed by atoms with van der Waals surface area (Å²) in [6.07, 6.45) is 12.7. The Labute approximate surface area is 243 Å². The lowest BCUT2D eigenvalue weighted by Gasteiger charge is -2.56. The molecule has 6 rings (SSSR count). The molecule has 1 spiro atoms. The Morgan fingerprint density at radius 3 is 2.32 bits per heavy atom. The maximum atomic E-state index is 13.7. The molecule has 4 fully saturated rings. The molecule has 2 N–H and O–H groups in total. The second kappa shape index (κ2) is 12.0. The molecule has 41 heavy (non-hydrogen) atoms. The summed E-state index contributed by atoms with van der Waals surface area (Å²) in [4.78, 5) is 29.1. The smallest absolute Gasteiger partial charge is 0.272 e. The topological polar surface area (TPSA) is 97.7 Å². The van der Waals surface area contributed by atoms with Crippen molar-refractivity contribution in [2.24, 2.45) is 5.41 Å². The molecule has 1 unspecified atom stereocenters. The van der Waals surface area contributed by atoms with Crippen LogP contribution in [-0.4, -0.2) is 72.4 Å². The fourth-order valence-electron chi connectivity index (χ4n) is 7.16. The van der Waals surface area contributed by atoms with Crippen molar-refractivity contribution in [3.05, 3.63) is 30.0 Å². The third-order valence-corrected chi connectivity index (χ3v) is 9.89. The number of benzene rings is 1. The van der Waals surface area contributed by atoms with E-state index in [1.807, 2.05) is 28.9 Å². The standard InChI is InChI=1S/C32H45N5O4/c1-40-27-12-6-13-28(41-2)30(27)26-19-25(35-37(26)24-10-3-4-11-24)31(39)34-23(18-29(38)33-22-8-5-9-22)14-17-36-20-32(21-36)15-7-16-32/h6,12-13,19,22-24H,3-5,7-11,14-18,20-21H2,1-2H3,(H,33,38)(H,34,39). The van der Waals surface area contributed by atoms with Crippen molar-refractivity contribution in [1.29, 1.82) is 0 Å². The van der Waals surface area contributed by atoms with Crippen LogP contribution in [0.3, 0.4) is 0 Å². The van der Waals surface area contributed by atoms with Crippen LogP contribution in [0.4, 0.5) is 0 Å². The number of rotatable bonds is 12. The SMILES string of the molecule is COc1cccc(OC)c1-c1cc(C(=O)NC(CCN2CC3(CCC3)C2)CC(=O)NC2CCC2)nn1C1CCCC1. The second-order valence-corrected chi connectivity index (χ2v) is 12.8. The van der Waals surface area contributed by atoms with Gasteiger partial charge in [-0.05, 0) is 75.0 Å². The van der Waals surface area contributed by atoms with E-state index >= 15 is 0 Å². The second-order valence-electron chi connectivity index (χ2n) is 12.8. The number of likely N-dealkylation sites (tertiary alicyclic amines) is 1. The molecule has 2 heterocycles. The summed E-state index contributed by atoms with van der Waals surface area (Å²) in [5.74, 6) is 1.15. The molecule has 1 aromatic heterocycles. The third-order valence-electron chi connectivity index (χ3n) is 9.89. The van der Waals surface area contributed by atoms with Gasteiger partial charge in [0.1, 0.15) is 11.5 Å². The Kier molecular flexibility index (Phi) is 8.24. The molecule has 0 bridgehead atoms. The fraction of sp³-hybridized carbons (Fsp3) is 0.656. The van der Waals surface area contributed by atoms with Crippen LogP contribution in [0.1, 0.15) is 93.6 Å². The highest BCUT2D eigenvalue weighted by atomic mass is 16.5. The molecule has 1 saturated heterocycles. The van der Waals surface area contributed by atoms with Crippen molar-refractivity contribution in [3.8, 4) is 22.8 Å². The monoisotopic (exact) mass is 563 g/mol. The van der Waals surface area contributed by atoms with E-state index in [0.717, 1.165) is 75.8 Å². The van der Waals surface area contributed by atoms with Crippen molar-refractivity contribution in [1.82, 2.24) is 25.3 Å². The molecule has 9 heteroatoms. The largest absolute Gasteiger partial charge is 0.496 e. The molecule has 2 amide bonds. The highest BCUT2D eigenvalue weighted by Gasteiger charge is 2.46. The Morgan fingerprint density at radius 1 is 1.02 bits per heavy atom. The van der Waals surface area contributed by atoms with E-state index in [9.17, 15) is 9.59 Å². The summed E-state index contributed by atoms with van der Waals surface area (Å²) in [7, 11) is 3.29. The van der Waals surface area contributed by atoms with Gasteiger partial charge in [-0.15, -0.1) is 0 Å². The highest BCUT2D eigenvalue weighted by molar-refractivity contribution is 5.94. The summed E-state index contributed by atoms with van der Waals surface area (Å²) >= 11 is 0. The molecular formula is C32H45N5O4. The lowest BCUT2D eigenvalue weighted by atomic mass is 9.63. The Bertz CT molecular complexity index is 1210. The van der Waals surface area contributed by atoms with Gasteiger partial charge in [0, 0.05) is 38.1 Å². The van der Waals surface area contributed by atoms with E-state index in [-0.39, 0.29) is 36.4 Å². The summed E-state index contributed by atoms with van der Waals surface area (Å²) in [6, 6.07) is 7.82. The highest BCUT2D eigenvalue weighted by Crippen LogP contribution is 2.48. The molecule has 1 atom stereocenters. The minimum atomic E-state index is -0.249. The van der Waals surface area contributed by atoms with Crippen LogP contribution < -0.4 is 20.1 Å². The molecule has 1 aromatic carbocycles. The van der Waals surface area contributed by atoms with E-state index in [2.05, 4.69) is 15.5 Å². The van der Waals surface area contributed by atoms with E-state index in [4.69, 9.17) is 14.6 Å². The number of hydrogen-bond donors (Lipinski definition) is 2. The van der Waals surface area contributed by atoms with Crippen LogP contribution in [0.5, 0.6) is 11.5 Å². The van der Waals surface area contributed by atoms with Crippen molar-refractivity contribution in [3.63, 3.8) is 0 Å². The molecule has 3 aliphatic carbocycles. The van der Waals surface area contributed by atoms with Crippen LogP contribution in [0.2, 0.25) is 0 Å². The molecule has 3 saturated carbocycles. The maximum absolute atomic E-state index is 13.7. The maximum Gasteiger partial charge on any atom is 0.272 e. The number of carbonyl (C=O) groups is 2. The predicted molar refractivity (Wildman–Crippen MR) is 157 cm³/mol. The number of ether oxygens (including phenoxy) is 2. The van der Waals surface area contributed by atoms with Crippen molar-refractivity contribution in [2.75, 3.05) is 33.9 Å². The van der Waals surface area contributed by atoms with Gasteiger partial charge in [-0.1, -0.05) is 25.3 Å². The van der Waals surface area contributed by atoms with E-state index < -0.39 is 0 Å². The minimum absolute atomic E-state index is 0.0232. The van der Waals surface area contributed by atoms with Crippen LogP contribution in [0.15, 0.2) is 24.3 Å². The van der Waals surface area contributed by atoms with Crippen LogP contribution in [-0.2, 0) is 4.79 Å². The first kappa shape index (κ1) is 28.1. The first-order valence-electron chi connectivity index (χ1n) is 15.6. The quantitative estimate of drug-likeness (QED) is 0.388. The lowest BCUT2D eigenvalue weighted by Crippen LogP contribution is -2.60. The molecule has 4 aliphatic rings. The molecule has 1 aliphatic heterocycles. The van der Waals surface area contributed by atoms with Gasteiger partial charge in [0.2, 0.25) is 5.91 Å². The molecule has 222 valence electrons. The van der Waals surface area contributed by atoms with E-state index in [1.165, 1.54) is 25.7 Å². The van der Waals surface area contributed by atoms with Gasteiger partial charge in [0.05, 0.1) is 31.5 Å². The first-order chi connectivity index (χ1) is 20.0. The van der Waals surface area contributed by atoms with Crippen LogP contribution in [0.25, 0.3) is 11.3 Å². The van der Waals surface area contributed by atoms with Gasteiger partial charge >= 0.3 is 0 Å². The number of carbonyl (C=O) groups excluding carboxylic acids is 2. The molecule has 2 aromatic rings. The number of methoxy groups -OCH3 is 2. The summed E-state index contributed by atoms with van der Waals surface area (Å²) < 4.78 is 13.4. The number of nitrogens with one attached hydrogen (secondary N) is 2. The predicted octanol–water partition coefficient (Wildman–Crippen LogP) is 4.72.